The highest BCUT2D eigenvalue weighted by Gasteiger charge is 2.06. The number of hydrogen-bond acceptors (Lipinski definition) is 1. The van der Waals surface area contributed by atoms with Crippen molar-refractivity contribution in [3.8, 4) is 11.1 Å². The minimum atomic E-state index is 0.781. The van der Waals surface area contributed by atoms with Crippen LogP contribution < -0.4 is 5.32 Å². The van der Waals surface area contributed by atoms with Gasteiger partial charge in [0.25, 0.3) is 0 Å². The van der Waals surface area contributed by atoms with Crippen molar-refractivity contribution in [1.29, 1.82) is 0 Å². The monoisotopic (exact) mass is 447 g/mol. The van der Waals surface area contributed by atoms with Gasteiger partial charge in [0.05, 0.1) is 0 Å². The van der Waals surface area contributed by atoms with Crippen LogP contribution in [0.1, 0.15) is 50.2 Å². The molecule has 3 aromatic carbocycles. The van der Waals surface area contributed by atoms with Crippen molar-refractivity contribution in [2.45, 2.75) is 52.4 Å². The van der Waals surface area contributed by atoms with Gasteiger partial charge in [0, 0.05) is 24.2 Å². The van der Waals surface area contributed by atoms with Gasteiger partial charge in [-0.1, -0.05) is 103 Å². The molecule has 1 aliphatic carbocycles. The van der Waals surface area contributed by atoms with E-state index in [2.05, 4.69) is 79.8 Å². The molecule has 0 heterocycles. The van der Waals surface area contributed by atoms with Crippen LogP contribution in [-0.4, -0.2) is 12.9 Å². The van der Waals surface area contributed by atoms with E-state index in [1.165, 1.54) is 53.6 Å². The predicted octanol–water partition coefficient (Wildman–Crippen LogP) is 9.07. The number of nitrogens with one attached hydrogen (secondary N) is 1. The standard InChI is InChI=1S/C16H19N.C7H11Cl.C7H8/c1-3-7-13-10-11-15(16(12-13)17-2)14-8-5-4-6-9-14;8-6-2-5-7-3-1-4-7;1-7-5-3-2-4-6-7/h4-6,8-12,17H,3,7H2,1-2H3;5H,1-4,6H2;2-6H,1H3. The molecule has 4 rings (SSSR count). The number of anilines is 1. The van der Waals surface area contributed by atoms with Gasteiger partial charge >= 0.3 is 0 Å². The van der Waals surface area contributed by atoms with Gasteiger partial charge in [-0.2, -0.15) is 0 Å². The fourth-order valence-corrected chi connectivity index (χ4v) is 3.60. The zero-order chi connectivity index (χ0) is 23.0. The number of rotatable bonds is 6. The second kappa shape index (κ2) is 15.3. The lowest BCUT2D eigenvalue weighted by Gasteiger charge is -2.15. The predicted molar refractivity (Wildman–Crippen MR) is 144 cm³/mol. The third-order valence-corrected chi connectivity index (χ3v) is 5.67. The second-order valence-corrected chi connectivity index (χ2v) is 8.47. The Morgan fingerprint density at radius 1 is 0.906 bits per heavy atom. The summed E-state index contributed by atoms with van der Waals surface area (Å²) in [6, 6.07) is 27.5. The van der Waals surface area contributed by atoms with Crippen LogP contribution in [-0.2, 0) is 6.42 Å². The van der Waals surface area contributed by atoms with Crippen molar-refractivity contribution in [1.82, 2.24) is 0 Å². The largest absolute Gasteiger partial charge is 0.388 e. The highest BCUT2D eigenvalue weighted by Crippen LogP contribution is 2.29. The van der Waals surface area contributed by atoms with Crippen LogP contribution in [0.2, 0.25) is 0 Å². The van der Waals surface area contributed by atoms with Gasteiger partial charge in [0.2, 0.25) is 0 Å². The van der Waals surface area contributed by atoms with Gasteiger partial charge < -0.3 is 5.32 Å². The molecule has 1 N–H and O–H groups in total. The summed E-state index contributed by atoms with van der Waals surface area (Å²) >= 11 is 5.48. The van der Waals surface area contributed by atoms with Crippen molar-refractivity contribution in [3.63, 3.8) is 0 Å². The van der Waals surface area contributed by atoms with E-state index in [1.54, 1.807) is 5.57 Å². The first-order chi connectivity index (χ1) is 15.7. The van der Waals surface area contributed by atoms with Gasteiger partial charge in [0.15, 0.2) is 0 Å². The zero-order valence-corrected chi connectivity index (χ0v) is 20.7. The van der Waals surface area contributed by atoms with Gasteiger partial charge in [0.1, 0.15) is 0 Å². The molecular formula is C30H38ClN. The van der Waals surface area contributed by atoms with Crippen LogP contribution >= 0.6 is 11.6 Å². The molecule has 0 unspecified atom stereocenters. The zero-order valence-electron chi connectivity index (χ0n) is 19.9. The Labute approximate surface area is 200 Å². The molecule has 0 radical (unpaired) electrons. The summed E-state index contributed by atoms with van der Waals surface area (Å²) in [7, 11) is 1.98. The average Bonchev–Trinajstić information content (AvgIpc) is 2.80. The molecule has 32 heavy (non-hydrogen) atoms. The Bertz CT molecular complexity index is 910. The molecule has 0 bridgehead atoms. The summed E-state index contributed by atoms with van der Waals surface area (Å²) in [4.78, 5) is 0. The lowest BCUT2D eigenvalue weighted by molar-refractivity contribution is 0.657. The number of alkyl halides is 1. The van der Waals surface area contributed by atoms with E-state index in [1.807, 2.05) is 31.3 Å². The van der Waals surface area contributed by atoms with Gasteiger partial charge in [-0.3, -0.25) is 0 Å². The van der Waals surface area contributed by atoms with Gasteiger partial charge in [-0.05, 0) is 56.2 Å². The van der Waals surface area contributed by atoms with E-state index in [9.17, 15) is 0 Å². The summed E-state index contributed by atoms with van der Waals surface area (Å²) in [5, 5.41) is 3.29. The first-order valence-electron chi connectivity index (χ1n) is 11.8. The number of benzene rings is 3. The maximum Gasteiger partial charge on any atom is 0.0420 e. The molecule has 0 atom stereocenters. The number of allylic oxidation sites excluding steroid dienone is 2. The van der Waals surface area contributed by atoms with Crippen molar-refractivity contribution in [2.24, 2.45) is 0 Å². The molecule has 0 spiro atoms. The number of aryl methyl sites for hydroxylation is 2. The fourth-order valence-electron chi connectivity index (χ4n) is 3.49. The van der Waals surface area contributed by atoms with E-state index in [0.717, 1.165) is 18.7 Å². The van der Waals surface area contributed by atoms with E-state index in [4.69, 9.17) is 11.6 Å². The second-order valence-electron chi connectivity index (χ2n) is 8.09. The Morgan fingerprint density at radius 2 is 1.56 bits per heavy atom. The van der Waals surface area contributed by atoms with Crippen molar-refractivity contribution in [3.05, 3.63) is 102 Å². The highest BCUT2D eigenvalue weighted by atomic mass is 35.5. The van der Waals surface area contributed by atoms with Crippen LogP contribution in [0, 0.1) is 6.92 Å². The third-order valence-electron chi connectivity index (χ3n) is 5.46. The summed E-state index contributed by atoms with van der Waals surface area (Å²) in [6.45, 7) is 4.30. The molecule has 1 fully saturated rings. The molecule has 0 aliphatic heterocycles. The molecule has 0 amide bonds. The molecule has 0 aromatic heterocycles. The summed E-state index contributed by atoms with van der Waals surface area (Å²) in [5.74, 6) is 0.781. The molecule has 3 aromatic rings. The minimum Gasteiger partial charge on any atom is -0.388 e. The maximum atomic E-state index is 5.48. The van der Waals surface area contributed by atoms with Crippen LogP contribution in [0.3, 0.4) is 0 Å². The Hall–Kier alpha value is -2.51. The number of halogens is 1. The molecular weight excluding hydrogens is 410 g/mol. The topological polar surface area (TPSA) is 12.0 Å². The third kappa shape index (κ3) is 9.32. The Kier molecular flexibility index (Phi) is 12.3. The first kappa shape index (κ1) is 25.7. The van der Waals surface area contributed by atoms with E-state index < -0.39 is 0 Å². The molecule has 170 valence electrons. The SMILES string of the molecule is CCCc1ccc(-c2ccccc2)c(NC)c1.Cc1ccccc1.ClCCC=C1CCC1. The normalized spacial score (nSPS) is 11.8. The fraction of sp³-hybridized carbons (Fsp3) is 0.333. The Balaban J connectivity index is 0.000000199. The average molecular weight is 448 g/mol. The van der Waals surface area contributed by atoms with E-state index >= 15 is 0 Å². The van der Waals surface area contributed by atoms with Gasteiger partial charge in [-0.25, -0.2) is 0 Å². The van der Waals surface area contributed by atoms with Crippen molar-refractivity contribution >= 4 is 17.3 Å². The smallest absolute Gasteiger partial charge is 0.0420 e. The van der Waals surface area contributed by atoms with Crippen LogP contribution in [0.4, 0.5) is 5.69 Å². The minimum absolute atomic E-state index is 0.781. The van der Waals surface area contributed by atoms with Crippen LogP contribution in [0.5, 0.6) is 0 Å². The summed E-state index contributed by atoms with van der Waals surface area (Å²) in [5.41, 5.74) is 8.08. The summed E-state index contributed by atoms with van der Waals surface area (Å²) < 4.78 is 0. The van der Waals surface area contributed by atoms with Gasteiger partial charge in [-0.15, -0.1) is 11.6 Å². The quantitative estimate of drug-likeness (QED) is 0.293. The molecule has 1 nitrogen and oxygen atoms in total. The van der Waals surface area contributed by atoms with E-state index in [-0.39, 0.29) is 0 Å². The number of hydrogen-bond donors (Lipinski definition) is 1. The first-order valence-corrected chi connectivity index (χ1v) is 12.3. The molecule has 1 aliphatic rings. The van der Waals surface area contributed by atoms with Crippen LogP contribution in [0.15, 0.2) is 90.5 Å². The van der Waals surface area contributed by atoms with Crippen molar-refractivity contribution in [2.75, 3.05) is 18.2 Å². The maximum absolute atomic E-state index is 5.48. The van der Waals surface area contributed by atoms with Crippen LogP contribution in [0.25, 0.3) is 11.1 Å². The Morgan fingerprint density at radius 3 is 2.03 bits per heavy atom. The van der Waals surface area contributed by atoms with E-state index in [0.29, 0.717) is 0 Å². The molecule has 0 saturated heterocycles. The molecule has 1 saturated carbocycles. The highest BCUT2D eigenvalue weighted by molar-refractivity contribution is 6.17. The lowest BCUT2D eigenvalue weighted by atomic mass is 9.92. The lowest BCUT2D eigenvalue weighted by Crippen LogP contribution is -1.95. The van der Waals surface area contributed by atoms with Crippen molar-refractivity contribution < 1.29 is 0 Å². The molecule has 2 heteroatoms. The summed E-state index contributed by atoms with van der Waals surface area (Å²) in [6.07, 6.45) is 9.73.